The zero-order valence-corrected chi connectivity index (χ0v) is 12.9. The summed E-state index contributed by atoms with van der Waals surface area (Å²) in [6, 6.07) is 17.0. The van der Waals surface area contributed by atoms with Crippen LogP contribution in [-0.2, 0) is 11.3 Å². The Morgan fingerprint density at radius 1 is 1.11 bits per heavy atom. The molecule has 0 spiro atoms. The van der Waals surface area contributed by atoms with Crippen LogP contribution in [0.25, 0.3) is 0 Å². The summed E-state index contributed by atoms with van der Waals surface area (Å²) in [6.07, 6.45) is 0. The summed E-state index contributed by atoms with van der Waals surface area (Å²) < 4.78 is 6.98. The summed E-state index contributed by atoms with van der Waals surface area (Å²) in [4.78, 5) is 1.42. The van der Waals surface area contributed by atoms with Crippen LogP contribution in [0.2, 0.25) is 0 Å². The van der Waals surface area contributed by atoms with Gasteiger partial charge >= 0.3 is 0 Å². The second kappa shape index (κ2) is 6.12. The molecule has 3 heteroatoms. The van der Waals surface area contributed by atoms with Crippen molar-refractivity contribution in [2.24, 2.45) is 0 Å². The van der Waals surface area contributed by atoms with Crippen LogP contribution >= 0.6 is 27.7 Å². The molecule has 1 atom stereocenters. The van der Waals surface area contributed by atoms with Gasteiger partial charge in [0.25, 0.3) is 0 Å². The van der Waals surface area contributed by atoms with Crippen molar-refractivity contribution in [3.8, 4) is 0 Å². The van der Waals surface area contributed by atoms with Crippen molar-refractivity contribution in [2.45, 2.75) is 17.4 Å². The summed E-state index contributed by atoms with van der Waals surface area (Å²) in [5.41, 5.74) is 2.67. The third kappa shape index (κ3) is 3.22. The lowest BCUT2D eigenvalue weighted by Gasteiger charge is -2.11. The van der Waals surface area contributed by atoms with Crippen molar-refractivity contribution in [1.29, 1.82) is 0 Å². The van der Waals surface area contributed by atoms with E-state index in [1.165, 1.54) is 16.0 Å². The van der Waals surface area contributed by atoms with Gasteiger partial charge in [-0.2, -0.15) is 0 Å². The fourth-order valence-corrected chi connectivity index (χ4v) is 3.76. The predicted molar refractivity (Wildman–Crippen MR) is 83.7 cm³/mol. The van der Waals surface area contributed by atoms with E-state index in [0.717, 1.165) is 16.8 Å². The highest BCUT2D eigenvalue weighted by molar-refractivity contribution is 9.10. The molecule has 98 valence electrons. The number of halogens is 1. The van der Waals surface area contributed by atoms with E-state index in [2.05, 4.69) is 64.5 Å². The molecule has 3 rings (SSSR count). The Labute approximate surface area is 126 Å². The maximum Gasteiger partial charge on any atom is 0.0717 e. The maximum absolute atomic E-state index is 5.87. The Morgan fingerprint density at radius 3 is 2.74 bits per heavy atom. The predicted octanol–water partition coefficient (Wildman–Crippen LogP) is 4.86. The Balaban J connectivity index is 1.55. The summed E-state index contributed by atoms with van der Waals surface area (Å²) in [5.74, 6) is 1.68. The molecule has 1 unspecified atom stereocenters. The van der Waals surface area contributed by atoms with E-state index < -0.39 is 0 Å². The molecular formula is C16H15BrOS. The monoisotopic (exact) mass is 334 g/mol. The van der Waals surface area contributed by atoms with Crippen LogP contribution in [0.4, 0.5) is 0 Å². The minimum absolute atomic E-state index is 0.539. The van der Waals surface area contributed by atoms with Gasteiger partial charge in [0.05, 0.1) is 13.2 Å². The van der Waals surface area contributed by atoms with Gasteiger partial charge in [-0.15, -0.1) is 11.8 Å². The first-order valence-electron chi connectivity index (χ1n) is 6.37. The minimum atomic E-state index is 0.539. The molecule has 0 aromatic heterocycles. The smallest absolute Gasteiger partial charge is 0.0717 e. The number of thioether (sulfide) groups is 1. The molecule has 0 amide bonds. The number of fused-ring (bicyclic) bond motifs is 1. The SMILES string of the molecule is Brc1ccc(COCC2CSc3ccccc32)cc1. The molecule has 19 heavy (non-hydrogen) atoms. The van der Waals surface area contributed by atoms with Gasteiger partial charge in [0, 0.05) is 21.0 Å². The standard InChI is InChI=1S/C16H15BrOS/c17-14-7-5-12(6-8-14)9-18-10-13-11-19-16-4-2-1-3-15(13)16/h1-8,13H,9-11H2. The lowest BCUT2D eigenvalue weighted by Crippen LogP contribution is -2.07. The summed E-state index contributed by atoms with van der Waals surface area (Å²) in [5, 5.41) is 0. The van der Waals surface area contributed by atoms with Crippen LogP contribution in [0.3, 0.4) is 0 Å². The van der Waals surface area contributed by atoms with E-state index in [9.17, 15) is 0 Å². The molecule has 1 aliphatic heterocycles. The largest absolute Gasteiger partial charge is 0.376 e. The van der Waals surface area contributed by atoms with E-state index in [-0.39, 0.29) is 0 Å². The molecule has 2 aromatic rings. The fourth-order valence-electron chi connectivity index (χ4n) is 2.27. The quantitative estimate of drug-likeness (QED) is 0.789. The maximum atomic E-state index is 5.87. The second-order valence-corrected chi connectivity index (χ2v) is 6.66. The normalized spacial score (nSPS) is 17.4. The van der Waals surface area contributed by atoms with Gasteiger partial charge in [-0.25, -0.2) is 0 Å². The number of hydrogen-bond donors (Lipinski definition) is 0. The Hall–Kier alpha value is -0.770. The zero-order chi connectivity index (χ0) is 13.1. The van der Waals surface area contributed by atoms with E-state index in [1.807, 2.05) is 11.8 Å². The molecule has 1 heterocycles. The third-order valence-electron chi connectivity index (χ3n) is 3.30. The van der Waals surface area contributed by atoms with E-state index >= 15 is 0 Å². The second-order valence-electron chi connectivity index (χ2n) is 4.69. The molecule has 0 radical (unpaired) electrons. The topological polar surface area (TPSA) is 9.23 Å². The minimum Gasteiger partial charge on any atom is -0.376 e. The Bertz CT molecular complexity index is 553. The van der Waals surface area contributed by atoms with Gasteiger partial charge in [0.2, 0.25) is 0 Å². The molecule has 0 aliphatic carbocycles. The Morgan fingerprint density at radius 2 is 1.89 bits per heavy atom. The molecule has 0 saturated carbocycles. The average Bonchev–Trinajstić information content (AvgIpc) is 2.85. The van der Waals surface area contributed by atoms with E-state index in [0.29, 0.717) is 12.5 Å². The first kappa shape index (κ1) is 13.2. The lowest BCUT2D eigenvalue weighted by molar-refractivity contribution is 0.111. The molecule has 0 bridgehead atoms. The summed E-state index contributed by atoms with van der Waals surface area (Å²) in [6.45, 7) is 1.50. The van der Waals surface area contributed by atoms with Gasteiger partial charge in [-0.1, -0.05) is 46.3 Å². The molecule has 1 aliphatic rings. The number of ether oxygens (including phenoxy) is 1. The highest BCUT2D eigenvalue weighted by Gasteiger charge is 2.22. The van der Waals surface area contributed by atoms with Crippen LogP contribution in [0.1, 0.15) is 17.0 Å². The van der Waals surface area contributed by atoms with Crippen molar-refractivity contribution in [1.82, 2.24) is 0 Å². The first-order valence-corrected chi connectivity index (χ1v) is 8.15. The number of hydrogen-bond acceptors (Lipinski definition) is 2. The average molecular weight is 335 g/mol. The fraction of sp³-hybridized carbons (Fsp3) is 0.250. The van der Waals surface area contributed by atoms with Crippen LogP contribution in [0.15, 0.2) is 57.9 Å². The molecule has 0 fully saturated rings. The van der Waals surface area contributed by atoms with Crippen LogP contribution in [-0.4, -0.2) is 12.4 Å². The van der Waals surface area contributed by atoms with Crippen molar-refractivity contribution in [2.75, 3.05) is 12.4 Å². The highest BCUT2D eigenvalue weighted by Crippen LogP contribution is 2.39. The van der Waals surface area contributed by atoms with Gasteiger partial charge in [-0.3, -0.25) is 0 Å². The van der Waals surface area contributed by atoms with Gasteiger partial charge in [0.15, 0.2) is 0 Å². The van der Waals surface area contributed by atoms with Crippen LogP contribution in [0.5, 0.6) is 0 Å². The van der Waals surface area contributed by atoms with Gasteiger partial charge in [0.1, 0.15) is 0 Å². The lowest BCUT2D eigenvalue weighted by atomic mass is 10.0. The molecule has 0 saturated heterocycles. The van der Waals surface area contributed by atoms with E-state index in [1.54, 1.807) is 0 Å². The summed E-state index contributed by atoms with van der Waals surface area (Å²) >= 11 is 5.38. The van der Waals surface area contributed by atoms with Crippen molar-refractivity contribution in [3.63, 3.8) is 0 Å². The van der Waals surface area contributed by atoms with E-state index in [4.69, 9.17) is 4.74 Å². The van der Waals surface area contributed by atoms with Crippen molar-refractivity contribution in [3.05, 3.63) is 64.1 Å². The van der Waals surface area contributed by atoms with Crippen molar-refractivity contribution >= 4 is 27.7 Å². The molecular weight excluding hydrogens is 320 g/mol. The number of benzene rings is 2. The Kier molecular flexibility index (Phi) is 4.26. The zero-order valence-electron chi connectivity index (χ0n) is 10.5. The van der Waals surface area contributed by atoms with Crippen LogP contribution < -0.4 is 0 Å². The van der Waals surface area contributed by atoms with Crippen molar-refractivity contribution < 1.29 is 4.74 Å². The number of rotatable bonds is 4. The molecule has 2 aromatic carbocycles. The molecule has 1 nitrogen and oxygen atoms in total. The third-order valence-corrected chi connectivity index (χ3v) is 5.08. The molecule has 0 N–H and O–H groups in total. The van der Waals surface area contributed by atoms with Gasteiger partial charge < -0.3 is 4.74 Å². The summed E-state index contributed by atoms with van der Waals surface area (Å²) in [7, 11) is 0. The first-order chi connectivity index (χ1) is 9.33. The van der Waals surface area contributed by atoms with Gasteiger partial charge in [-0.05, 0) is 29.3 Å². The van der Waals surface area contributed by atoms with Crippen LogP contribution in [0, 0.1) is 0 Å². The highest BCUT2D eigenvalue weighted by atomic mass is 79.9.